The second kappa shape index (κ2) is 5.90. The molecular formula is C14H19N3O3. The van der Waals surface area contributed by atoms with Crippen LogP contribution >= 0.6 is 0 Å². The van der Waals surface area contributed by atoms with Crippen LogP contribution in [-0.4, -0.2) is 53.0 Å². The SMILES string of the molecule is CC(=O)N1CCCN(c2ncc(C(=O)O)cc2C)CC1. The van der Waals surface area contributed by atoms with Crippen molar-refractivity contribution < 1.29 is 14.7 Å². The minimum Gasteiger partial charge on any atom is -0.478 e. The fourth-order valence-electron chi connectivity index (χ4n) is 2.46. The van der Waals surface area contributed by atoms with Gasteiger partial charge < -0.3 is 14.9 Å². The zero-order chi connectivity index (χ0) is 14.7. The summed E-state index contributed by atoms with van der Waals surface area (Å²) in [4.78, 5) is 30.5. The predicted molar refractivity (Wildman–Crippen MR) is 75.0 cm³/mol. The number of anilines is 1. The Balaban J connectivity index is 2.15. The van der Waals surface area contributed by atoms with E-state index in [4.69, 9.17) is 5.11 Å². The summed E-state index contributed by atoms with van der Waals surface area (Å²) in [7, 11) is 0. The zero-order valence-corrected chi connectivity index (χ0v) is 11.8. The van der Waals surface area contributed by atoms with E-state index in [-0.39, 0.29) is 11.5 Å². The average Bonchev–Trinajstić information content (AvgIpc) is 2.64. The van der Waals surface area contributed by atoms with Crippen molar-refractivity contribution >= 4 is 17.7 Å². The van der Waals surface area contributed by atoms with Crippen LogP contribution in [0.4, 0.5) is 5.82 Å². The summed E-state index contributed by atoms with van der Waals surface area (Å²) >= 11 is 0. The molecule has 1 aromatic rings. The highest BCUT2D eigenvalue weighted by atomic mass is 16.4. The van der Waals surface area contributed by atoms with E-state index in [2.05, 4.69) is 9.88 Å². The van der Waals surface area contributed by atoms with Gasteiger partial charge in [0.15, 0.2) is 0 Å². The third kappa shape index (κ3) is 3.07. The van der Waals surface area contributed by atoms with Gasteiger partial charge in [-0.05, 0) is 25.0 Å². The summed E-state index contributed by atoms with van der Waals surface area (Å²) in [6.07, 6.45) is 2.28. The van der Waals surface area contributed by atoms with E-state index in [1.165, 1.54) is 6.20 Å². The molecule has 0 saturated carbocycles. The molecule has 1 fully saturated rings. The highest BCUT2D eigenvalue weighted by Gasteiger charge is 2.19. The molecule has 20 heavy (non-hydrogen) atoms. The van der Waals surface area contributed by atoms with Gasteiger partial charge in [-0.3, -0.25) is 4.79 Å². The van der Waals surface area contributed by atoms with Gasteiger partial charge in [0.2, 0.25) is 5.91 Å². The Morgan fingerprint density at radius 1 is 1.25 bits per heavy atom. The van der Waals surface area contributed by atoms with E-state index >= 15 is 0 Å². The summed E-state index contributed by atoms with van der Waals surface area (Å²) in [5.41, 5.74) is 1.05. The molecule has 1 aromatic heterocycles. The Morgan fingerprint density at radius 3 is 2.60 bits per heavy atom. The Labute approximate surface area is 118 Å². The summed E-state index contributed by atoms with van der Waals surface area (Å²) in [5, 5.41) is 8.95. The first-order chi connectivity index (χ1) is 9.49. The molecule has 0 unspecified atom stereocenters. The van der Waals surface area contributed by atoms with Gasteiger partial charge in [-0.25, -0.2) is 9.78 Å². The Kier molecular flexibility index (Phi) is 4.22. The molecule has 0 bridgehead atoms. The van der Waals surface area contributed by atoms with Crippen LogP contribution in [0.3, 0.4) is 0 Å². The number of carboxylic acids is 1. The Bertz CT molecular complexity index is 530. The number of rotatable bonds is 2. The minimum absolute atomic E-state index is 0.0951. The lowest BCUT2D eigenvalue weighted by Crippen LogP contribution is -2.34. The highest BCUT2D eigenvalue weighted by molar-refractivity contribution is 5.87. The molecule has 0 spiro atoms. The van der Waals surface area contributed by atoms with Crippen molar-refractivity contribution in [3.63, 3.8) is 0 Å². The average molecular weight is 277 g/mol. The number of hydrogen-bond donors (Lipinski definition) is 1. The van der Waals surface area contributed by atoms with E-state index in [1.54, 1.807) is 13.0 Å². The first-order valence-corrected chi connectivity index (χ1v) is 6.69. The maximum atomic E-state index is 11.4. The van der Waals surface area contributed by atoms with Crippen molar-refractivity contribution in [2.45, 2.75) is 20.3 Å². The van der Waals surface area contributed by atoms with Gasteiger partial charge in [0, 0.05) is 39.3 Å². The van der Waals surface area contributed by atoms with Crippen LogP contribution < -0.4 is 4.90 Å². The quantitative estimate of drug-likeness (QED) is 0.877. The van der Waals surface area contributed by atoms with Crippen LogP contribution in [0, 0.1) is 6.92 Å². The second-order valence-corrected chi connectivity index (χ2v) is 5.02. The van der Waals surface area contributed by atoms with Crippen LogP contribution in [0.25, 0.3) is 0 Å². The molecule has 6 heteroatoms. The van der Waals surface area contributed by atoms with Crippen molar-refractivity contribution in [3.8, 4) is 0 Å². The summed E-state index contributed by atoms with van der Waals surface area (Å²) < 4.78 is 0. The third-order valence-corrected chi connectivity index (χ3v) is 3.54. The van der Waals surface area contributed by atoms with Gasteiger partial charge in [0.25, 0.3) is 0 Å². The molecule has 1 saturated heterocycles. The van der Waals surface area contributed by atoms with Gasteiger partial charge in [-0.15, -0.1) is 0 Å². The number of aryl methyl sites for hydroxylation is 1. The number of aromatic carboxylic acids is 1. The molecule has 1 aliphatic heterocycles. The zero-order valence-electron chi connectivity index (χ0n) is 11.8. The first kappa shape index (κ1) is 14.3. The molecule has 2 heterocycles. The number of hydrogen-bond acceptors (Lipinski definition) is 4. The lowest BCUT2D eigenvalue weighted by atomic mass is 10.2. The van der Waals surface area contributed by atoms with Gasteiger partial charge in [-0.1, -0.05) is 0 Å². The predicted octanol–water partition coefficient (Wildman–Crippen LogP) is 1.15. The largest absolute Gasteiger partial charge is 0.478 e. The molecular weight excluding hydrogens is 258 g/mol. The Morgan fingerprint density at radius 2 is 2.00 bits per heavy atom. The third-order valence-electron chi connectivity index (χ3n) is 3.54. The highest BCUT2D eigenvalue weighted by Crippen LogP contribution is 2.19. The molecule has 0 aliphatic carbocycles. The number of pyridine rings is 1. The van der Waals surface area contributed by atoms with Gasteiger partial charge in [0.05, 0.1) is 5.56 Å². The molecule has 1 N–H and O–H groups in total. The summed E-state index contributed by atoms with van der Waals surface area (Å²) in [5.74, 6) is -0.0658. The molecule has 0 aromatic carbocycles. The lowest BCUT2D eigenvalue weighted by molar-refractivity contribution is -0.128. The van der Waals surface area contributed by atoms with Crippen LogP contribution in [0.15, 0.2) is 12.3 Å². The maximum Gasteiger partial charge on any atom is 0.337 e. The van der Waals surface area contributed by atoms with Gasteiger partial charge >= 0.3 is 5.97 Å². The summed E-state index contributed by atoms with van der Waals surface area (Å²) in [6.45, 7) is 6.43. The number of nitrogens with zero attached hydrogens (tertiary/aromatic N) is 3. The van der Waals surface area contributed by atoms with Crippen molar-refractivity contribution in [2.24, 2.45) is 0 Å². The van der Waals surface area contributed by atoms with Gasteiger partial charge in [-0.2, -0.15) is 0 Å². The molecule has 1 amide bonds. The monoisotopic (exact) mass is 277 g/mol. The van der Waals surface area contributed by atoms with Crippen molar-refractivity contribution in [3.05, 3.63) is 23.4 Å². The van der Waals surface area contributed by atoms with Crippen LogP contribution in [-0.2, 0) is 4.79 Å². The van der Waals surface area contributed by atoms with Crippen molar-refractivity contribution in [1.82, 2.24) is 9.88 Å². The van der Waals surface area contributed by atoms with Crippen LogP contribution in [0.5, 0.6) is 0 Å². The first-order valence-electron chi connectivity index (χ1n) is 6.69. The van der Waals surface area contributed by atoms with Crippen LogP contribution in [0.2, 0.25) is 0 Å². The van der Waals surface area contributed by atoms with E-state index in [0.29, 0.717) is 6.54 Å². The smallest absolute Gasteiger partial charge is 0.337 e. The molecule has 1 aliphatic rings. The molecule has 0 atom stereocenters. The standard InChI is InChI=1S/C14H19N3O3/c1-10-8-12(14(19)20)9-15-13(10)17-5-3-4-16(6-7-17)11(2)18/h8-9H,3-7H2,1-2H3,(H,19,20). The molecule has 2 rings (SSSR count). The summed E-state index contributed by atoms with van der Waals surface area (Å²) in [6, 6.07) is 1.64. The van der Waals surface area contributed by atoms with E-state index in [1.807, 2.05) is 11.8 Å². The topological polar surface area (TPSA) is 73.7 Å². The fourth-order valence-corrected chi connectivity index (χ4v) is 2.46. The number of carbonyl (C=O) groups is 2. The van der Waals surface area contributed by atoms with Crippen molar-refractivity contribution in [2.75, 3.05) is 31.1 Å². The van der Waals surface area contributed by atoms with Crippen molar-refractivity contribution in [1.29, 1.82) is 0 Å². The molecule has 0 radical (unpaired) electrons. The lowest BCUT2D eigenvalue weighted by Gasteiger charge is -2.23. The molecule has 6 nitrogen and oxygen atoms in total. The molecule has 108 valence electrons. The number of aromatic nitrogens is 1. The number of amides is 1. The minimum atomic E-state index is -0.967. The maximum absolute atomic E-state index is 11.4. The van der Waals surface area contributed by atoms with E-state index in [0.717, 1.165) is 37.4 Å². The van der Waals surface area contributed by atoms with Gasteiger partial charge in [0.1, 0.15) is 5.82 Å². The van der Waals surface area contributed by atoms with Crippen LogP contribution in [0.1, 0.15) is 29.3 Å². The number of carbonyl (C=O) groups excluding carboxylic acids is 1. The van der Waals surface area contributed by atoms with E-state index in [9.17, 15) is 9.59 Å². The Hall–Kier alpha value is -2.11. The normalized spacial score (nSPS) is 15.9. The second-order valence-electron chi connectivity index (χ2n) is 5.02. The number of carboxylic acid groups (broad SMARTS) is 1. The fraction of sp³-hybridized carbons (Fsp3) is 0.500. The van der Waals surface area contributed by atoms with E-state index < -0.39 is 5.97 Å².